The number of carboxylic acids is 1. The standard InChI is InChI=1S/C24H27ClN4O4/c1-14(20-10-19(25)7-8-21(20)33-2)29-22-17(11-26)9-18(13-27-22)23(30)28-12-15-3-5-16(6-4-15)24(31)32/h7-10,13-16H,3-6,12H2,1-2H3,(H,27,29)(H,28,30)(H,31,32)/t14?,15-,16-. The Labute approximate surface area is 197 Å². The first-order valence-electron chi connectivity index (χ1n) is 10.8. The van der Waals surface area contributed by atoms with Crippen molar-refractivity contribution in [3.05, 3.63) is 52.2 Å². The normalized spacial score (nSPS) is 18.6. The number of carboxylic acid groups (broad SMARTS) is 1. The number of anilines is 1. The van der Waals surface area contributed by atoms with E-state index in [1.54, 1.807) is 25.3 Å². The maximum Gasteiger partial charge on any atom is 0.306 e. The van der Waals surface area contributed by atoms with E-state index in [0.717, 1.165) is 18.4 Å². The summed E-state index contributed by atoms with van der Waals surface area (Å²) in [6, 6.07) is 8.65. The van der Waals surface area contributed by atoms with Crippen molar-refractivity contribution < 1.29 is 19.4 Å². The molecule has 0 spiro atoms. The number of benzene rings is 1. The largest absolute Gasteiger partial charge is 0.496 e. The van der Waals surface area contributed by atoms with Crippen LogP contribution in [0.25, 0.3) is 0 Å². The monoisotopic (exact) mass is 470 g/mol. The zero-order valence-corrected chi connectivity index (χ0v) is 19.4. The maximum absolute atomic E-state index is 12.6. The van der Waals surface area contributed by atoms with Gasteiger partial charge in [0.2, 0.25) is 0 Å². The molecule has 1 aliphatic rings. The van der Waals surface area contributed by atoms with Crippen LogP contribution < -0.4 is 15.4 Å². The predicted molar refractivity (Wildman–Crippen MR) is 124 cm³/mol. The summed E-state index contributed by atoms with van der Waals surface area (Å²) in [5.41, 5.74) is 1.36. The highest BCUT2D eigenvalue weighted by Gasteiger charge is 2.26. The molecule has 0 bridgehead atoms. The van der Waals surface area contributed by atoms with Gasteiger partial charge in [-0.05, 0) is 62.8 Å². The summed E-state index contributed by atoms with van der Waals surface area (Å²) in [6.45, 7) is 2.37. The quantitative estimate of drug-likeness (QED) is 0.521. The molecular weight excluding hydrogens is 444 g/mol. The van der Waals surface area contributed by atoms with Crippen LogP contribution in [-0.4, -0.2) is 35.6 Å². The van der Waals surface area contributed by atoms with Gasteiger partial charge in [0, 0.05) is 23.3 Å². The molecule has 1 unspecified atom stereocenters. The number of hydrogen-bond donors (Lipinski definition) is 3. The van der Waals surface area contributed by atoms with Crippen LogP contribution >= 0.6 is 11.6 Å². The summed E-state index contributed by atoms with van der Waals surface area (Å²) >= 11 is 6.12. The molecule has 3 N–H and O–H groups in total. The molecule has 8 nitrogen and oxygen atoms in total. The van der Waals surface area contributed by atoms with Gasteiger partial charge in [0.05, 0.1) is 30.2 Å². The van der Waals surface area contributed by atoms with E-state index in [9.17, 15) is 14.9 Å². The average Bonchev–Trinajstić information content (AvgIpc) is 2.82. The number of carbonyl (C=O) groups excluding carboxylic acids is 1. The van der Waals surface area contributed by atoms with E-state index in [0.29, 0.717) is 41.5 Å². The maximum atomic E-state index is 12.6. The Morgan fingerprint density at radius 3 is 2.67 bits per heavy atom. The van der Waals surface area contributed by atoms with Gasteiger partial charge in [-0.25, -0.2) is 4.98 Å². The van der Waals surface area contributed by atoms with Crippen LogP contribution in [0.2, 0.25) is 5.02 Å². The Hall–Kier alpha value is -3.31. The molecule has 1 fully saturated rings. The minimum Gasteiger partial charge on any atom is -0.496 e. The van der Waals surface area contributed by atoms with Crippen molar-refractivity contribution in [1.82, 2.24) is 10.3 Å². The van der Waals surface area contributed by atoms with Crippen LogP contribution in [0.4, 0.5) is 5.82 Å². The summed E-state index contributed by atoms with van der Waals surface area (Å²) in [4.78, 5) is 28.0. The van der Waals surface area contributed by atoms with Crippen LogP contribution in [0.5, 0.6) is 5.75 Å². The van der Waals surface area contributed by atoms with Crippen LogP contribution in [0.15, 0.2) is 30.5 Å². The summed E-state index contributed by atoms with van der Waals surface area (Å²) < 4.78 is 5.39. The second-order valence-corrected chi connectivity index (χ2v) is 8.69. The minimum atomic E-state index is -0.746. The number of carbonyl (C=O) groups is 2. The lowest BCUT2D eigenvalue weighted by atomic mass is 9.82. The van der Waals surface area contributed by atoms with Gasteiger partial charge < -0.3 is 20.5 Å². The van der Waals surface area contributed by atoms with Gasteiger partial charge in [-0.15, -0.1) is 0 Å². The molecule has 1 aromatic heterocycles. The highest BCUT2D eigenvalue weighted by Crippen LogP contribution is 2.31. The van der Waals surface area contributed by atoms with Gasteiger partial charge in [0.15, 0.2) is 0 Å². The van der Waals surface area contributed by atoms with Crippen molar-refractivity contribution in [2.24, 2.45) is 11.8 Å². The Morgan fingerprint density at radius 2 is 2.03 bits per heavy atom. The number of rotatable bonds is 8. The zero-order valence-electron chi connectivity index (χ0n) is 18.6. The second-order valence-electron chi connectivity index (χ2n) is 8.25. The minimum absolute atomic E-state index is 0.248. The smallest absolute Gasteiger partial charge is 0.306 e. The average molecular weight is 471 g/mol. The van der Waals surface area contributed by atoms with E-state index < -0.39 is 5.97 Å². The van der Waals surface area contributed by atoms with E-state index in [-0.39, 0.29) is 29.3 Å². The molecule has 1 aromatic carbocycles. The Bertz CT molecular complexity index is 1060. The molecule has 1 heterocycles. The number of methoxy groups -OCH3 is 1. The molecule has 1 aliphatic carbocycles. The molecule has 174 valence electrons. The number of aromatic nitrogens is 1. The first kappa shape index (κ1) is 24.3. The number of hydrogen-bond acceptors (Lipinski definition) is 6. The highest BCUT2D eigenvalue weighted by atomic mass is 35.5. The van der Waals surface area contributed by atoms with E-state index >= 15 is 0 Å². The van der Waals surface area contributed by atoms with E-state index in [4.69, 9.17) is 21.4 Å². The number of ether oxygens (including phenoxy) is 1. The molecule has 1 saturated carbocycles. The summed E-state index contributed by atoms with van der Waals surface area (Å²) in [5, 5.41) is 25.3. The lowest BCUT2D eigenvalue weighted by Crippen LogP contribution is -2.32. The number of halogens is 1. The van der Waals surface area contributed by atoms with Gasteiger partial charge >= 0.3 is 5.97 Å². The van der Waals surface area contributed by atoms with Crippen molar-refractivity contribution in [2.75, 3.05) is 19.0 Å². The summed E-state index contributed by atoms with van der Waals surface area (Å²) in [5.74, 6) is -0.0715. The molecular formula is C24H27ClN4O4. The Morgan fingerprint density at radius 1 is 1.30 bits per heavy atom. The fraction of sp³-hybridized carbons (Fsp3) is 0.417. The Kier molecular flexibility index (Phi) is 8.12. The molecule has 33 heavy (non-hydrogen) atoms. The second kappa shape index (κ2) is 11.0. The summed E-state index contributed by atoms with van der Waals surface area (Å²) in [6.07, 6.45) is 4.24. The van der Waals surface area contributed by atoms with Gasteiger partial charge in [-0.3, -0.25) is 9.59 Å². The van der Waals surface area contributed by atoms with Crippen molar-refractivity contribution in [1.29, 1.82) is 5.26 Å². The Balaban J connectivity index is 1.64. The van der Waals surface area contributed by atoms with E-state index in [1.165, 1.54) is 12.3 Å². The van der Waals surface area contributed by atoms with Crippen LogP contribution in [0, 0.1) is 23.2 Å². The first-order chi connectivity index (χ1) is 15.8. The number of pyridine rings is 1. The summed E-state index contributed by atoms with van der Waals surface area (Å²) in [7, 11) is 1.57. The van der Waals surface area contributed by atoms with Gasteiger partial charge in [0.1, 0.15) is 17.6 Å². The lowest BCUT2D eigenvalue weighted by molar-refractivity contribution is -0.143. The highest BCUT2D eigenvalue weighted by molar-refractivity contribution is 6.30. The van der Waals surface area contributed by atoms with Crippen LogP contribution in [0.1, 0.15) is 60.1 Å². The number of nitrogens with one attached hydrogen (secondary N) is 2. The van der Waals surface area contributed by atoms with Gasteiger partial charge in [0.25, 0.3) is 5.91 Å². The lowest BCUT2D eigenvalue weighted by Gasteiger charge is -2.26. The van der Waals surface area contributed by atoms with Crippen LogP contribution in [-0.2, 0) is 4.79 Å². The molecule has 0 aliphatic heterocycles. The van der Waals surface area contributed by atoms with Crippen molar-refractivity contribution in [3.63, 3.8) is 0 Å². The van der Waals surface area contributed by atoms with Crippen LogP contribution in [0.3, 0.4) is 0 Å². The number of aliphatic carboxylic acids is 1. The number of nitrogens with zero attached hydrogens (tertiary/aromatic N) is 2. The molecule has 0 radical (unpaired) electrons. The van der Waals surface area contributed by atoms with Crippen molar-refractivity contribution >= 4 is 29.3 Å². The van der Waals surface area contributed by atoms with Crippen molar-refractivity contribution in [3.8, 4) is 11.8 Å². The molecule has 3 rings (SSSR count). The predicted octanol–water partition coefficient (Wildman–Crippen LogP) is 4.41. The number of amides is 1. The third-order valence-corrected chi connectivity index (χ3v) is 6.26. The zero-order chi connectivity index (χ0) is 24.0. The van der Waals surface area contributed by atoms with Gasteiger partial charge in [-0.2, -0.15) is 5.26 Å². The molecule has 0 saturated heterocycles. The fourth-order valence-corrected chi connectivity index (χ4v) is 4.25. The van der Waals surface area contributed by atoms with Gasteiger partial charge in [-0.1, -0.05) is 11.6 Å². The fourth-order valence-electron chi connectivity index (χ4n) is 4.07. The topological polar surface area (TPSA) is 124 Å². The SMILES string of the molecule is COc1ccc(Cl)cc1C(C)Nc1ncc(C(=O)NC[C@H]2CC[C@H](C(=O)O)CC2)cc1C#N. The molecule has 9 heteroatoms. The molecule has 1 atom stereocenters. The van der Waals surface area contributed by atoms with E-state index in [2.05, 4.69) is 21.7 Å². The molecule has 2 aromatic rings. The molecule has 1 amide bonds. The third-order valence-electron chi connectivity index (χ3n) is 6.03. The van der Waals surface area contributed by atoms with E-state index in [1.807, 2.05) is 6.92 Å². The first-order valence-corrected chi connectivity index (χ1v) is 11.2. The third kappa shape index (κ3) is 6.14. The van der Waals surface area contributed by atoms with Crippen molar-refractivity contribution in [2.45, 2.75) is 38.6 Å². The number of nitriles is 1.